The van der Waals surface area contributed by atoms with E-state index < -0.39 is 23.3 Å². The third-order valence-corrected chi connectivity index (χ3v) is 3.99. The maximum atomic E-state index is 12.7. The number of anilines is 1. The Morgan fingerprint density at radius 1 is 1.40 bits per heavy atom. The number of hydrogen-bond acceptors (Lipinski definition) is 2. The van der Waals surface area contributed by atoms with E-state index in [9.17, 15) is 18.0 Å². The van der Waals surface area contributed by atoms with Crippen LogP contribution >= 0.6 is 0 Å². The van der Waals surface area contributed by atoms with Gasteiger partial charge in [-0.2, -0.15) is 13.2 Å². The first-order valence-corrected chi connectivity index (χ1v) is 6.53. The summed E-state index contributed by atoms with van der Waals surface area (Å²) in [7, 11) is 0. The molecule has 0 bridgehead atoms. The standard InChI is InChI=1S/C14H17F3N2O/c1-2-13(6-7-13)8-19-12(20)9-4-3-5-10(11(9)18)14(15,16)17/h3-5H,2,6-8,18H2,1H3,(H,19,20). The summed E-state index contributed by atoms with van der Waals surface area (Å²) in [5, 5.41) is 2.69. The van der Waals surface area contributed by atoms with Crippen molar-refractivity contribution in [2.24, 2.45) is 5.41 Å². The van der Waals surface area contributed by atoms with Crippen LogP contribution in [-0.2, 0) is 6.18 Å². The molecule has 1 aromatic rings. The quantitative estimate of drug-likeness (QED) is 0.835. The third kappa shape index (κ3) is 2.89. The molecule has 20 heavy (non-hydrogen) atoms. The summed E-state index contributed by atoms with van der Waals surface area (Å²) >= 11 is 0. The topological polar surface area (TPSA) is 55.1 Å². The highest BCUT2D eigenvalue weighted by Gasteiger charge is 2.41. The van der Waals surface area contributed by atoms with E-state index in [1.54, 1.807) is 0 Å². The van der Waals surface area contributed by atoms with Crippen molar-refractivity contribution in [2.75, 3.05) is 12.3 Å². The zero-order valence-corrected chi connectivity index (χ0v) is 11.2. The van der Waals surface area contributed by atoms with Gasteiger partial charge in [0.25, 0.3) is 5.91 Å². The molecular weight excluding hydrogens is 269 g/mol. The van der Waals surface area contributed by atoms with Crippen LogP contribution in [0.1, 0.15) is 42.1 Å². The zero-order chi connectivity index (χ0) is 15.0. The lowest BCUT2D eigenvalue weighted by Gasteiger charge is -2.16. The number of hydrogen-bond donors (Lipinski definition) is 2. The van der Waals surface area contributed by atoms with Gasteiger partial charge in [-0.3, -0.25) is 4.79 Å². The molecule has 3 N–H and O–H groups in total. The second-order valence-electron chi connectivity index (χ2n) is 5.30. The highest BCUT2D eigenvalue weighted by molar-refractivity contribution is 5.99. The van der Waals surface area contributed by atoms with Gasteiger partial charge in [0.2, 0.25) is 0 Å². The van der Waals surface area contributed by atoms with E-state index >= 15 is 0 Å². The molecule has 1 aliphatic carbocycles. The molecule has 110 valence electrons. The van der Waals surface area contributed by atoms with Crippen LogP contribution in [0.4, 0.5) is 18.9 Å². The van der Waals surface area contributed by atoms with Gasteiger partial charge in [-0.05, 0) is 36.8 Å². The Morgan fingerprint density at radius 3 is 2.55 bits per heavy atom. The Kier molecular flexibility index (Phi) is 3.67. The number of alkyl halides is 3. The van der Waals surface area contributed by atoms with E-state index in [-0.39, 0.29) is 11.0 Å². The van der Waals surface area contributed by atoms with Gasteiger partial charge in [-0.15, -0.1) is 0 Å². The van der Waals surface area contributed by atoms with Crippen LogP contribution in [0.25, 0.3) is 0 Å². The highest BCUT2D eigenvalue weighted by atomic mass is 19.4. The Labute approximate surface area is 115 Å². The average Bonchev–Trinajstić information content (AvgIpc) is 3.15. The number of nitrogens with two attached hydrogens (primary N) is 1. The molecule has 1 saturated carbocycles. The number of nitrogen functional groups attached to an aromatic ring is 1. The lowest BCUT2D eigenvalue weighted by Crippen LogP contribution is -2.31. The summed E-state index contributed by atoms with van der Waals surface area (Å²) in [5.41, 5.74) is 4.00. The maximum Gasteiger partial charge on any atom is 0.418 e. The van der Waals surface area contributed by atoms with Crippen molar-refractivity contribution in [3.63, 3.8) is 0 Å². The summed E-state index contributed by atoms with van der Waals surface area (Å²) < 4.78 is 38.2. The first kappa shape index (κ1) is 14.7. The molecule has 0 aliphatic heterocycles. The van der Waals surface area contributed by atoms with Gasteiger partial charge >= 0.3 is 6.18 Å². The van der Waals surface area contributed by atoms with Crippen LogP contribution in [0.2, 0.25) is 0 Å². The molecule has 0 radical (unpaired) electrons. The predicted molar refractivity (Wildman–Crippen MR) is 70.1 cm³/mol. The van der Waals surface area contributed by atoms with E-state index in [0.29, 0.717) is 6.54 Å². The molecule has 1 amide bonds. The van der Waals surface area contributed by atoms with Gasteiger partial charge < -0.3 is 11.1 Å². The van der Waals surface area contributed by atoms with Crippen molar-refractivity contribution < 1.29 is 18.0 Å². The number of benzene rings is 1. The van der Waals surface area contributed by atoms with E-state index in [4.69, 9.17) is 5.73 Å². The van der Waals surface area contributed by atoms with Gasteiger partial charge in [0.1, 0.15) is 0 Å². The monoisotopic (exact) mass is 286 g/mol. The fourth-order valence-corrected chi connectivity index (χ4v) is 2.21. The van der Waals surface area contributed by atoms with E-state index in [1.165, 1.54) is 12.1 Å². The van der Waals surface area contributed by atoms with Crippen LogP contribution in [0.5, 0.6) is 0 Å². The molecule has 0 spiro atoms. The molecule has 0 saturated heterocycles. The normalized spacial score (nSPS) is 16.8. The number of para-hydroxylation sites is 1. The molecule has 2 rings (SSSR count). The number of carbonyl (C=O) groups excluding carboxylic acids is 1. The second kappa shape index (κ2) is 5.00. The van der Waals surface area contributed by atoms with Gasteiger partial charge in [0.15, 0.2) is 0 Å². The second-order valence-corrected chi connectivity index (χ2v) is 5.30. The molecule has 3 nitrogen and oxygen atoms in total. The maximum absolute atomic E-state index is 12.7. The van der Waals surface area contributed by atoms with Crippen LogP contribution in [0, 0.1) is 5.41 Å². The first-order chi connectivity index (χ1) is 9.29. The molecule has 6 heteroatoms. The van der Waals surface area contributed by atoms with Crippen molar-refractivity contribution >= 4 is 11.6 Å². The smallest absolute Gasteiger partial charge is 0.398 e. The summed E-state index contributed by atoms with van der Waals surface area (Å²) in [5.74, 6) is -0.548. The summed E-state index contributed by atoms with van der Waals surface area (Å²) in [6, 6.07) is 3.38. The van der Waals surface area contributed by atoms with E-state index in [2.05, 4.69) is 5.32 Å². The van der Waals surface area contributed by atoms with Crippen molar-refractivity contribution in [1.82, 2.24) is 5.32 Å². The Bertz CT molecular complexity index is 522. The van der Waals surface area contributed by atoms with Crippen molar-refractivity contribution in [1.29, 1.82) is 0 Å². The largest absolute Gasteiger partial charge is 0.418 e. The summed E-state index contributed by atoms with van der Waals surface area (Å²) in [6.07, 6.45) is -1.52. The number of halogens is 3. The van der Waals surface area contributed by atoms with Crippen LogP contribution < -0.4 is 11.1 Å². The fourth-order valence-electron chi connectivity index (χ4n) is 2.21. The van der Waals surface area contributed by atoms with Crippen molar-refractivity contribution in [3.8, 4) is 0 Å². The lowest BCUT2D eigenvalue weighted by molar-refractivity contribution is -0.136. The van der Waals surface area contributed by atoms with Gasteiger partial charge in [0, 0.05) is 6.54 Å². The van der Waals surface area contributed by atoms with Crippen LogP contribution in [0.15, 0.2) is 18.2 Å². The number of rotatable bonds is 4. The highest BCUT2D eigenvalue weighted by Crippen LogP contribution is 2.47. The third-order valence-electron chi connectivity index (χ3n) is 3.99. The van der Waals surface area contributed by atoms with Gasteiger partial charge in [0.05, 0.1) is 16.8 Å². The Balaban J connectivity index is 2.14. The van der Waals surface area contributed by atoms with Crippen LogP contribution in [-0.4, -0.2) is 12.5 Å². The zero-order valence-electron chi connectivity index (χ0n) is 11.2. The lowest BCUT2D eigenvalue weighted by atomic mass is 10.0. The minimum Gasteiger partial charge on any atom is -0.398 e. The Hall–Kier alpha value is -1.72. The molecule has 1 aromatic carbocycles. The SMILES string of the molecule is CCC1(CNC(=O)c2cccc(C(F)(F)F)c2N)CC1. The minimum atomic E-state index is -4.55. The van der Waals surface area contributed by atoms with Crippen LogP contribution in [0.3, 0.4) is 0 Å². The van der Waals surface area contributed by atoms with E-state index in [1.807, 2.05) is 6.92 Å². The van der Waals surface area contributed by atoms with Crippen molar-refractivity contribution in [3.05, 3.63) is 29.3 Å². The molecular formula is C14H17F3N2O. The predicted octanol–water partition coefficient (Wildman–Crippen LogP) is 3.21. The number of carbonyl (C=O) groups is 1. The molecule has 1 fully saturated rings. The minimum absolute atomic E-state index is 0.119. The number of nitrogens with one attached hydrogen (secondary N) is 1. The molecule has 0 aromatic heterocycles. The number of amides is 1. The molecule has 0 unspecified atom stereocenters. The van der Waals surface area contributed by atoms with Gasteiger partial charge in [-0.1, -0.05) is 13.0 Å². The van der Waals surface area contributed by atoms with Crippen molar-refractivity contribution in [2.45, 2.75) is 32.4 Å². The average molecular weight is 286 g/mol. The summed E-state index contributed by atoms with van der Waals surface area (Å²) in [6.45, 7) is 2.52. The summed E-state index contributed by atoms with van der Waals surface area (Å²) in [4.78, 5) is 12.0. The Morgan fingerprint density at radius 2 is 2.05 bits per heavy atom. The fraction of sp³-hybridized carbons (Fsp3) is 0.500. The molecule has 1 aliphatic rings. The molecule has 0 atom stereocenters. The molecule has 0 heterocycles. The van der Waals surface area contributed by atoms with E-state index in [0.717, 1.165) is 25.3 Å². The first-order valence-electron chi connectivity index (χ1n) is 6.53. The van der Waals surface area contributed by atoms with Gasteiger partial charge in [-0.25, -0.2) is 0 Å².